The van der Waals surface area contributed by atoms with Crippen molar-refractivity contribution in [3.8, 4) is 5.75 Å². The van der Waals surface area contributed by atoms with Gasteiger partial charge >= 0.3 is 0 Å². The molecule has 0 aromatic heterocycles. The quantitative estimate of drug-likeness (QED) is 0.742. The second kappa shape index (κ2) is 5.00. The van der Waals surface area contributed by atoms with Gasteiger partial charge in [-0.2, -0.15) is 0 Å². The Balaban J connectivity index is 2.46. The first kappa shape index (κ1) is 11.6. The van der Waals surface area contributed by atoms with Gasteiger partial charge in [-0.25, -0.2) is 0 Å². The third-order valence-electron chi connectivity index (χ3n) is 3.06. The topological polar surface area (TPSA) is 26.3 Å². The molecule has 1 aliphatic carbocycles. The summed E-state index contributed by atoms with van der Waals surface area (Å²) in [5.41, 5.74) is 4.09. The SMILES string of the molecule is COc1ccc(C2=C(C=O)CCC=C2)cc1C. The van der Waals surface area contributed by atoms with E-state index in [1.165, 1.54) is 0 Å². The zero-order chi connectivity index (χ0) is 12.3. The van der Waals surface area contributed by atoms with Gasteiger partial charge in [-0.05, 0) is 54.2 Å². The van der Waals surface area contributed by atoms with Crippen LogP contribution < -0.4 is 4.74 Å². The minimum absolute atomic E-state index is 0.834. The highest BCUT2D eigenvalue weighted by molar-refractivity contribution is 5.93. The van der Waals surface area contributed by atoms with Gasteiger partial charge in [-0.1, -0.05) is 18.2 Å². The molecule has 0 heterocycles. The van der Waals surface area contributed by atoms with Crippen molar-refractivity contribution in [2.45, 2.75) is 19.8 Å². The average Bonchev–Trinajstić information content (AvgIpc) is 2.38. The molecule has 0 radical (unpaired) electrons. The Morgan fingerprint density at radius 1 is 1.35 bits per heavy atom. The molecule has 0 N–H and O–H groups in total. The minimum atomic E-state index is 0.834. The lowest BCUT2D eigenvalue weighted by molar-refractivity contribution is -0.105. The Bertz CT molecular complexity index is 496. The maximum absolute atomic E-state index is 11.0. The van der Waals surface area contributed by atoms with Crippen molar-refractivity contribution in [2.75, 3.05) is 7.11 Å². The average molecular weight is 228 g/mol. The van der Waals surface area contributed by atoms with E-state index in [0.29, 0.717) is 0 Å². The first-order valence-electron chi connectivity index (χ1n) is 5.76. The van der Waals surface area contributed by atoms with Crippen molar-refractivity contribution in [3.63, 3.8) is 0 Å². The molecule has 2 rings (SSSR count). The van der Waals surface area contributed by atoms with Gasteiger partial charge in [0.05, 0.1) is 7.11 Å². The van der Waals surface area contributed by atoms with Crippen LogP contribution in [0, 0.1) is 6.92 Å². The summed E-state index contributed by atoms with van der Waals surface area (Å²) in [5, 5.41) is 0. The molecule has 2 nitrogen and oxygen atoms in total. The third-order valence-corrected chi connectivity index (χ3v) is 3.06. The number of rotatable bonds is 3. The second-order valence-corrected chi connectivity index (χ2v) is 4.18. The summed E-state index contributed by atoms with van der Waals surface area (Å²) < 4.78 is 5.24. The molecule has 0 spiro atoms. The molecule has 1 aromatic rings. The fraction of sp³-hybridized carbons (Fsp3) is 0.267. The van der Waals surface area contributed by atoms with Crippen LogP contribution in [0.5, 0.6) is 5.75 Å². The molecule has 1 aromatic carbocycles. The smallest absolute Gasteiger partial charge is 0.146 e. The van der Waals surface area contributed by atoms with Gasteiger partial charge < -0.3 is 4.74 Å². The molecular formula is C15H16O2. The highest BCUT2D eigenvalue weighted by atomic mass is 16.5. The number of benzene rings is 1. The van der Waals surface area contributed by atoms with Crippen LogP contribution in [-0.4, -0.2) is 13.4 Å². The van der Waals surface area contributed by atoms with E-state index >= 15 is 0 Å². The highest BCUT2D eigenvalue weighted by Crippen LogP contribution is 2.29. The summed E-state index contributed by atoms with van der Waals surface area (Å²) in [6.45, 7) is 2.01. The molecule has 88 valence electrons. The standard InChI is InChI=1S/C15H16O2/c1-11-9-12(7-8-15(11)17-2)14-6-4-3-5-13(14)10-16/h4,6-10H,3,5H2,1-2H3. The number of carbonyl (C=O) groups excluding carboxylic acids is 1. The van der Waals surface area contributed by atoms with E-state index in [-0.39, 0.29) is 0 Å². The van der Waals surface area contributed by atoms with Crippen LogP contribution in [0.2, 0.25) is 0 Å². The fourth-order valence-corrected chi connectivity index (χ4v) is 2.13. The van der Waals surface area contributed by atoms with Gasteiger partial charge in [0.25, 0.3) is 0 Å². The Morgan fingerprint density at radius 2 is 2.18 bits per heavy atom. The van der Waals surface area contributed by atoms with Gasteiger partial charge in [0, 0.05) is 0 Å². The lowest BCUT2D eigenvalue weighted by atomic mass is 9.92. The molecule has 0 amide bonds. The van der Waals surface area contributed by atoms with Crippen molar-refractivity contribution in [1.82, 2.24) is 0 Å². The van der Waals surface area contributed by atoms with Gasteiger partial charge in [-0.15, -0.1) is 0 Å². The predicted molar refractivity (Wildman–Crippen MR) is 69.1 cm³/mol. The van der Waals surface area contributed by atoms with E-state index in [1.807, 2.05) is 25.1 Å². The Labute approximate surface area is 102 Å². The minimum Gasteiger partial charge on any atom is -0.496 e. The summed E-state index contributed by atoms with van der Waals surface area (Å²) in [7, 11) is 1.67. The largest absolute Gasteiger partial charge is 0.496 e. The molecule has 0 saturated carbocycles. The van der Waals surface area contributed by atoms with E-state index in [1.54, 1.807) is 7.11 Å². The summed E-state index contributed by atoms with van der Waals surface area (Å²) >= 11 is 0. The maximum atomic E-state index is 11.0. The van der Waals surface area contributed by atoms with Crippen molar-refractivity contribution < 1.29 is 9.53 Å². The zero-order valence-corrected chi connectivity index (χ0v) is 10.2. The van der Waals surface area contributed by atoms with Gasteiger partial charge in [-0.3, -0.25) is 4.79 Å². The molecule has 17 heavy (non-hydrogen) atoms. The monoisotopic (exact) mass is 228 g/mol. The lowest BCUT2D eigenvalue weighted by Gasteiger charge is -2.13. The number of ether oxygens (including phenoxy) is 1. The van der Waals surface area contributed by atoms with Crippen molar-refractivity contribution in [2.24, 2.45) is 0 Å². The molecule has 0 unspecified atom stereocenters. The summed E-state index contributed by atoms with van der Waals surface area (Å²) in [5.74, 6) is 0.877. The number of methoxy groups -OCH3 is 1. The predicted octanol–water partition coefficient (Wildman–Crippen LogP) is 3.31. The van der Waals surface area contributed by atoms with Crippen LogP contribution in [0.25, 0.3) is 5.57 Å². The van der Waals surface area contributed by atoms with E-state index in [9.17, 15) is 4.79 Å². The van der Waals surface area contributed by atoms with Crippen molar-refractivity contribution in [1.29, 1.82) is 0 Å². The normalized spacial score (nSPS) is 14.9. The summed E-state index contributed by atoms with van der Waals surface area (Å²) in [6, 6.07) is 6.01. The second-order valence-electron chi connectivity index (χ2n) is 4.18. The lowest BCUT2D eigenvalue weighted by Crippen LogP contribution is -1.97. The third kappa shape index (κ3) is 2.31. The Hall–Kier alpha value is -1.83. The van der Waals surface area contributed by atoms with Gasteiger partial charge in [0.2, 0.25) is 0 Å². The van der Waals surface area contributed by atoms with Crippen molar-refractivity contribution >= 4 is 11.9 Å². The van der Waals surface area contributed by atoms with E-state index in [2.05, 4.69) is 12.1 Å². The van der Waals surface area contributed by atoms with Crippen LogP contribution in [0.3, 0.4) is 0 Å². The van der Waals surface area contributed by atoms with Crippen LogP contribution in [0.1, 0.15) is 24.0 Å². The fourth-order valence-electron chi connectivity index (χ4n) is 2.13. The van der Waals surface area contributed by atoms with Crippen LogP contribution in [-0.2, 0) is 4.79 Å². The molecule has 0 saturated heterocycles. The Morgan fingerprint density at radius 3 is 2.82 bits per heavy atom. The van der Waals surface area contributed by atoms with E-state index in [0.717, 1.165) is 47.2 Å². The molecule has 0 fully saturated rings. The van der Waals surface area contributed by atoms with Gasteiger partial charge in [0.1, 0.15) is 12.0 Å². The molecule has 0 aliphatic heterocycles. The molecule has 0 atom stereocenters. The Kier molecular flexibility index (Phi) is 3.43. The van der Waals surface area contributed by atoms with Crippen molar-refractivity contribution in [3.05, 3.63) is 47.1 Å². The highest BCUT2D eigenvalue weighted by Gasteiger charge is 2.10. The van der Waals surface area contributed by atoms with E-state index in [4.69, 9.17) is 4.74 Å². The van der Waals surface area contributed by atoms with Gasteiger partial charge in [0.15, 0.2) is 0 Å². The zero-order valence-electron chi connectivity index (χ0n) is 10.2. The number of hydrogen-bond acceptors (Lipinski definition) is 2. The summed E-state index contributed by atoms with van der Waals surface area (Å²) in [6.07, 6.45) is 6.90. The number of carbonyl (C=O) groups is 1. The number of aryl methyl sites for hydroxylation is 1. The molecule has 1 aliphatic rings. The summed E-state index contributed by atoms with van der Waals surface area (Å²) in [4.78, 5) is 11.0. The number of hydrogen-bond donors (Lipinski definition) is 0. The van der Waals surface area contributed by atoms with Crippen LogP contribution in [0.4, 0.5) is 0 Å². The number of aldehydes is 1. The number of allylic oxidation sites excluding steroid dienone is 4. The first-order chi connectivity index (χ1) is 8.26. The molecule has 0 bridgehead atoms. The van der Waals surface area contributed by atoms with Crippen LogP contribution in [0.15, 0.2) is 35.9 Å². The first-order valence-corrected chi connectivity index (χ1v) is 5.76. The van der Waals surface area contributed by atoms with Crippen LogP contribution >= 0.6 is 0 Å². The maximum Gasteiger partial charge on any atom is 0.146 e. The van der Waals surface area contributed by atoms with E-state index < -0.39 is 0 Å². The molecule has 2 heteroatoms. The molecular weight excluding hydrogens is 212 g/mol.